The van der Waals surface area contributed by atoms with Crippen molar-refractivity contribution >= 4 is 0 Å². The van der Waals surface area contributed by atoms with Crippen LogP contribution in [0.1, 0.15) is 18.9 Å². The number of nitrogens with zero attached hydrogens (tertiary/aromatic N) is 2. The van der Waals surface area contributed by atoms with Gasteiger partial charge in [-0.1, -0.05) is 11.8 Å². The van der Waals surface area contributed by atoms with Crippen LogP contribution in [0.15, 0.2) is 12.4 Å². The van der Waals surface area contributed by atoms with Gasteiger partial charge in [-0.25, -0.2) is 9.97 Å². The summed E-state index contributed by atoms with van der Waals surface area (Å²) in [6.45, 7) is 3.03. The monoisotopic (exact) mass is 191 g/mol. The molecule has 0 radical (unpaired) electrons. The first-order valence-electron chi connectivity index (χ1n) is 4.50. The number of aromatic nitrogens is 2. The molecule has 1 heterocycles. The van der Waals surface area contributed by atoms with Crippen LogP contribution in [0.2, 0.25) is 0 Å². The Morgan fingerprint density at radius 2 is 2.14 bits per heavy atom. The molecule has 0 bridgehead atoms. The predicted molar refractivity (Wildman–Crippen MR) is 53.8 cm³/mol. The van der Waals surface area contributed by atoms with E-state index in [-0.39, 0.29) is 0 Å². The molecule has 1 aromatic rings. The van der Waals surface area contributed by atoms with Gasteiger partial charge in [0.05, 0.1) is 12.2 Å². The first kappa shape index (κ1) is 10.5. The molecule has 0 aromatic carbocycles. The largest absolute Gasteiger partial charge is 0.464 e. The van der Waals surface area contributed by atoms with Crippen LogP contribution in [-0.2, 0) is 0 Å². The van der Waals surface area contributed by atoms with E-state index < -0.39 is 0 Å². The Kier molecular flexibility index (Phi) is 4.45. The molecule has 0 unspecified atom stereocenters. The van der Waals surface area contributed by atoms with Crippen molar-refractivity contribution in [1.82, 2.24) is 9.97 Å². The van der Waals surface area contributed by atoms with E-state index in [9.17, 15) is 0 Å². The van der Waals surface area contributed by atoms with E-state index in [4.69, 9.17) is 10.5 Å². The summed E-state index contributed by atoms with van der Waals surface area (Å²) >= 11 is 0. The highest BCUT2D eigenvalue weighted by Crippen LogP contribution is 2.00. The Labute approximate surface area is 83.5 Å². The van der Waals surface area contributed by atoms with Gasteiger partial charge in [0.25, 0.3) is 0 Å². The van der Waals surface area contributed by atoms with Gasteiger partial charge in [-0.2, -0.15) is 0 Å². The van der Waals surface area contributed by atoms with Crippen molar-refractivity contribution in [3.63, 3.8) is 0 Å². The van der Waals surface area contributed by atoms with E-state index in [2.05, 4.69) is 21.8 Å². The Morgan fingerprint density at radius 3 is 2.71 bits per heavy atom. The van der Waals surface area contributed by atoms with Crippen molar-refractivity contribution in [3.05, 3.63) is 18.0 Å². The van der Waals surface area contributed by atoms with E-state index in [0.29, 0.717) is 25.6 Å². The van der Waals surface area contributed by atoms with Crippen molar-refractivity contribution in [3.8, 4) is 17.9 Å². The van der Waals surface area contributed by atoms with Gasteiger partial charge in [0.2, 0.25) is 0 Å². The zero-order valence-corrected chi connectivity index (χ0v) is 8.16. The summed E-state index contributed by atoms with van der Waals surface area (Å²) in [5, 5.41) is 0. The molecule has 0 saturated heterocycles. The van der Waals surface area contributed by atoms with E-state index in [1.807, 2.05) is 6.92 Å². The fraction of sp³-hybridized carbons (Fsp3) is 0.400. The lowest BCUT2D eigenvalue weighted by Gasteiger charge is -1.98. The topological polar surface area (TPSA) is 61.0 Å². The highest BCUT2D eigenvalue weighted by atomic mass is 16.5. The first-order chi connectivity index (χ1) is 6.86. The van der Waals surface area contributed by atoms with Crippen molar-refractivity contribution in [1.29, 1.82) is 0 Å². The molecule has 0 spiro atoms. The molecular weight excluding hydrogens is 178 g/mol. The molecule has 0 amide bonds. The van der Waals surface area contributed by atoms with Crippen LogP contribution in [0.5, 0.6) is 6.01 Å². The van der Waals surface area contributed by atoms with Gasteiger partial charge in [-0.3, -0.25) is 0 Å². The molecule has 0 fully saturated rings. The van der Waals surface area contributed by atoms with Gasteiger partial charge in [-0.05, 0) is 6.92 Å². The van der Waals surface area contributed by atoms with E-state index >= 15 is 0 Å². The Balaban J connectivity index is 2.60. The lowest BCUT2D eigenvalue weighted by atomic mass is 10.3. The van der Waals surface area contributed by atoms with Gasteiger partial charge >= 0.3 is 6.01 Å². The third-order valence-corrected chi connectivity index (χ3v) is 1.40. The molecular formula is C10H13N3O. The number of hydrogen-bond donors (Lipinski definition) is 1. The standard InChI is InChI=1S/C10H13N3O/c1-2-14-10-12-7-9(8-13-10)5-3-4-6-11/h7-8H,2,4,6,11H2,1H3. The third-order valence-electron chi connectivity index (χ3n) is 1.40. The SMILES string of the molecule is CCOc1ncc(C#CCCN)cn1. The van der Waals surface area contributed by atoms with Crippen LogP contribution in [0.25, 0.3) is 0 Å². The molecule has 0 atom stereocenters. The van der Waals surface area contributed by atoms with Crippen molar-refractivity contribution in [2.24, 2.45) is 5.73 Å². The zero-order valence-electron chi connectivity index (χ0n) is 8.16. The van der Waals surface area contributed by atoms with Crippen LogP contribution in [0.4, 0.5) is 0 Å². The summed E-state index contributed by atoms with van der Waals surface area (Å²) in [6, 6.07) is 0.386. The first-order valence-corrected chi connectivity index (χ1v) is 4.50. The minimum Gasteiger partial charge on any atom is -0.464 e. The highest BCUT2D eigenvalue weighted by Gasteiger charge is 1.93. The van der Waals surface area contributed by atoms with E-state index in [0.717, 1.165) is 5.56 Å². The Morgan fingerprint density at radius 1 is 1.43 bits per heavy atom. The lowest BCUT2D eigenvalue weighted by molar-refractivity contribution is 0.312. The summed E-state index contributed by atoms with van der Waals surface area (Å²) in [5.41, 5.74) is 6.08. The second kappa shape index (κ2) is 5.95. The van der Waals surface area contributed by atoms with Gasteiger partial charge in [0, 0.05) is 25.4 Å². The van der Waals surface area contributed by atoms with Crippen molar-refractivity contribution in [2.75, 3.05) is 13.2 Å². The maximum atomic E-state index is 5.30. The van der Waals surface area contributed by atoms with Gasteiger partial charge in [-0.15, -0.1) is 0 Å². The van der Waals surface area contributed by atoms with Crippen LogP contribution in [-0.4, -0.2) is 23.1 Å². The molecule has 1 rings (SSSR count). The van der Waals surface area contributed by atoms with Gasteiger partial charge < -0.3 is 10.5 Å². The van der Waals surface area contributed by atoms with E-state index in [1.54, 1.807) is 12.4 Å². The minimum atomic E-state index is 0.386. The molecule has 0 aliphatic heterocycles. The molecule has 0 saturated carbocycles. The van der Waals surface area contributed by atoms with Gasteiger partial charge in [0.15, 0.2) is 0 Å². The molecule has 0 aliphatic rings. The van der Waals surface area contributed by atoms with Crippen LogP contribution < -0.4 is 10.5 Å². The van der Waals surface area contributed by atoms with Crippen molar-refractivity contribution < 1.29 is 4.74 Å². The molecule has 0 aliphatic carbocycles. The Bertz CT molecular complexity index is 323. The molecule has 1 aromatic heterocycles. The number of rotatable bonds is 3. The lowest BCUT2D eigenvalue weighted by Crippen LogP contribution is -1.97. The fourth-order valence-electron chi connectivity index (χ4n) is 0.821. The average molecular weight is 191 g/mol. The Hall–Kier alpha value is -1.60. The summed E-state index contributed by atoms with van der Waals surface area (Å²) in [6.07, 6.45) is 3.97. The van der Waals surface area contributed by atoms with Gasteiger partial charge in [0.1, 0.15) is 0 Å². The smallest absolute Gasteiger partial charge is 0.316 e. The molecule has 2 N–H and O–H groups in total. The maximum absolute atomic E-state index is 5.30. The van der Waals surface area contributed by atoms with Crippen LogP contribution in [0.3, 0.4) is 0 Å². The van der Waals surface area contributed by atoms with E-state index in [1.165, 1.54) is 0 Å². The third kappa shape index (κ3) is 3.42. The number of hydrogen-bond acceptors (Lipinski definition) is 4. The summed E-state index contributed by atoms with van der Waals surface area (Å²) in [4.78, 5) is 7.96. The second-order valence-corrected chi connectivity index (χ2v) is 2.53. The molecule has 4 nitrogen and oxygen atoms in total. The molecule has 14 heavy (non-hydrogen) atoms. The number of nitrogens with two attached hydrogens (primary N) is 1. The predicted octanol–water partition coefficient (Wildman–Crippen LogP) is 0.576. The summed E-state index contributed by atoms with van der Waals surface area (Å²) in [5.74, 6) is 5.81. The van der Waals surface area contributed by atoms with Crippen molar-refractivity contribution in [2.45, 2.75) is 13.3 Å². The molecule has 4 heteroatoms. The quantitative estimate of drug-likeness (QED) is 0.710. The zero-order chi connectivity index (χ0) is 10.2. The van der Waals surface area contributed by atoms with Crippen LogP contribution >= 0.6 is 0 Å². The van der Waals surface area contributed by atoms with Crippen LogP contribution in [0, 0.1) is 11.8 Å². The summed E-state index contributed by atoms with van der Waals surface area (Å²) < 4.78 is 5.10. The minimum absolute atomic E-state index is 0.386. The fourth-order valence-corrected chi connectivity index (χ4v) is 0.821. The average Bonchev–Trinajstić information content (AvgIpc) is 2.21. The normalized spacial score (nSPS) is 9.00. The maximum Gasteiger partial charge on any atom is 0.316 e. The second-order valence-electron chi connectivity index (χ2n) is 2.53. The molecule has 74 valence electrons. The summed E-state index contributed by atoms with van der Waals surface area (Å²) in [7, 11) is 0. The highest BCUT2D eigenvalue weighted by molar-refractivity contribution is 5.29. The number of ether oxygens (including phenoxy) is 1.